The number of aryl methyl sites for hydroxylation is 2. The largest absolute Gasteiger partial charge is 0.322 e. The third kappa shape index (κ3) is 4.74. The van der Waals surface area contributed by atoms with Gasteiger partial charge in [-0.05, 0) is 73.0 Å². The van der Waals surface area contributed by atoms with Crippen molar-refractivity contribution in [3.8, 4) is 0 Å². The minimum Gasteiger partial charge on any atom is -0.322 e. The molecule has 0 saturated carbocycles. The molecule has 1 heterocycles. The third-order valence-electron chi connectivity index (χ3n) is 4.96. The summed E-state index contributed by atoms with van der Waals surface area (Å²) in [6.45, 7) is 4.05. The second-order valence-electron chi connectivity index (χ2n) is 7.48. The van der Waals surface area contributed by atoms with E-state index >= 15 is 0 Å². The average molecular weight is 471 g/mol. The third-order valence-corrected chi connectivity index (χ3v) is 6.72. The maximum atomic E-state index is 12.7. The second-order valence-corrected chi connectivity index (χ2v) is 9.39. The number of amides is 2. The summed E-state index contributed by atoms with van der Waals surface area (Å²) < 4.78 is 0. The van der Waals surface area contributed by atoms with Gasteiger partial charge in [0.15, 0.2) is 0 Å². The molecule has 0 aliphatic carbocycles. The van der Waals surface area contributed by atoms with E-state index in [1.54, 1.807) is 23.9 Å². The van der Waals surface area contributed by atoms with Gasteiger partial charge >= 0.3 is 0 Å². The van der Waals surface area contributed by atoms with Crippen molar-refractivity contribution in [2.75, 3.05) is 16.0 Å². The number of nitrogens with zero attached hydrogens (tertiary/aromatic N) is 1. The van der Waals surface area contributed by atoms with Crippen LogP contribution in [-0.4, -0.2) is 17.6 Å². The minimum atomic E-state index is -0.319. The Morgan fingerprint density at radius 3 is 2.48 bits per heavy atom. The van der Waals surface area contributed by atoms with E-state index in [9.17, 15) is 9.59 Å². The lowest BCUT2D eigenvalue weighted by molar-refractivity contribution is -0.115. The van der Waals surface area contributed by atoms with Crippen LogP contribution < -0.4 is 10.2 Å². The van der Waals surface area contributed by atoms with Crippen LogP contribution in [0.25, 0.3) is 0 Å². The minimum absolute atomic E-state index is 0.0717. The Morgan fingerprint density at radius 1 is 1.03 bits per heavy atom. The molecule has 1 N–H and O–H groups in total. The zero-order valence-corrected chi connectivity index (χ0v) is 19.3. The highest BCUT2D eigenvalue weighted by molar-refractivity contribution is 8.00. The van der Waals surface area contributed by atoms with Crippen molar-refractivity contribution in [3.63, 3.8) is 0 Å². The van der Waals surface area contributed by atoms with Gasteiger partial charge in [-0.15, -0.1) is 11.8 Å². The summed E-state index contributed by atoms with van der Waals surface area (Å²) in [7, 11) is 0. The highest BCUT2D eigenvalue weighted by Crippen LogP contribution is 2.42. The van der Waals surface area contributed by atoms with Gasteiger partial charge in [0.1, 0.15) is 5.37 Å². The summed E-state index contributed by atoms with van der Waals surface area (Å²) in [6.07, 6.45) is 0. The van der Waals surface area contributed by atoms with Gasteiger partial charge < -0.3 is 5.32 Å². The van der Waals surface area contributed by atoms with E-state index in [0.29, 0.717) is 27.0 Å². The molecular weight excluding hydrogens is 451 g/mol. The number of nitrogens with one attached hydrogen (secondary N) is 1. The van der Waals surface area contributed by atoms with E-state index in [0.717, 1.165) is 22.4 Å². The van der Waals surface area contributed by atoms with E-state index in [-0.39, 0.29) is 17.2 Å². The summed E-state index contributed by atoms with van der Waals surface area (Å²) in [4.78, 5) is 27.2. The van der Waals surface area contributed by atoms with Gasteiger partial charge in [0.25, 0.3) is 5.91 Å². The van der Waals surface area contributed by atoms with Gasteiger partial charge in [0.05, 0.1) is 16.3 Å². The van der Waals surface area contributed by atoms with Crippen molar-refractivity contribution in [1.82, 2.24) is 0 Å². The fourth-order valence-corrected chi connectivity index (χ4v) is 5.34. The zero-order valence-electron chi connectivity index (χ0n) is 17.0. The fourth-order valence-electron chi connectivity index (χ4n) is 3.68. The molecule has 1 fully saturated rings. The summed E-state index contributed by atoms with van der Waals surface area (Å²) >= 11 is 13.7. The first-order valence-electron chi connectivity index (χ1n) is 9.70. The molecule has 0 aromatic heterocycles. The molecular formula is C24H20Cl2N2O2S. The van der Waals surface area contributed by atoms with E-state index in [1.807, 2.05) is 55.1 Å². The van der Waals surface area contributed by atoms with Crippen LogP contribution in [0.15, 0.2) is 60.7 Å². The van der Waals surface area contributed by atoms with E-state index < -0.39 is 0 Å². The molecule has 4 nitrogen and oxygen atoms in total. The van der Waals surface area contributed by atoms with Crippen LogP contribution in [0.4, 0.5) is 11.4 Å². The topological polar surface area (TPSA) is 49.4 Å². The van der Waals surface area contributed by atoms with Gasteiger partial charge in [-0.3, -0.25) is 14.5 Å². The first-order chi connectivity index (χ1) is 14.8. The predicted octanol–water partition coefficient (Wildman–Crippen LogP) is 6.64. The van der Waals surface area contributed by atoms with Gasteiger partial charge in [-0.2, -0.15) is 0 Å². The van der Waals surface area contributed by atoms with Gasteiger partial charge in [-0.1, -0.05) is 41.4 Å². The highest BCUT2D eigenvalue weighted by atomic mass is 35.5. The molecule has 31 heavy (non-hydrogen) atoms. The lowest BCUT2D eigenvalue weighted by atomic mass is 10.1. The lowest BCUT2D eigenvalue weighted by Gasteiger charge is -2.25. The van der Waals surface area contributed by atoms with Gasteiger partial charge in [-0.25, -0.2) is 0 Å². The van der Waals surface area contributed by atoms with Gasteiger partial charge in [0, 0.05) is 16.4 Å². The van der Waals surface area contributed by atoms with Crippen molar-refractivity contribution < 1.29 is 9.59 Å². The van der Waals surface area contributed by atoms with Crippen LogP contribution in [0.2, 0.25) is 10.0 Å². The van der Waals surface area contributed by atoms with Crippen molar-refractivity contribution in [1.29, 1.82) is 0 Å². The number of rotatable bonds is 4. The predicted molar refractivity (Wildman–Crippen MR) is 129 cm³/mol. The van der Waals surface area contributed by atoms with Crippen LogP contribution in [0.5, 0.6) is 0 Å². The first-order valence-corrected chi connectivity index (χ1v) is 11.5. The molecule has 158 valence electrons. The van der Waals surface area contributed by atoms with Crippen LogP contribution in [0, 0.1) is 13.8 Å². The molecule has 2 amide bonds. The Balaban J connectivity index is 1.61. The smallest absolute Gasteiger partial charge is 0.257 e. The number of hydrogen-bond acceptors (Lipinski definition) is 3. The maximum absolute atomic E-state index is 12.7. The van der Waals surface area contributed by atoms with Crippen LogP contribution in [0.1, 0.15) is 32.4 Å². The first kappa shape index (κ1) is 21.8. The Kier molecular flexibility index (Phi) is 6.28. The summed E-state index contributed by atoms with van der Waals surface area (Å²) in [5.41, 5.74) is 5.03. The molecule has 0 bridgehead atoms. The number of carbonyl (C=O) groups is 2. The Morgan fingerprint density at radius 2 is 1.77 bits per heavy atom. The van der Waals surface area contributed by atoms with E-state index in [1.165, 1.54) is 6.07 Å². The lowest BCUT2D eigenvalue weighted by Crippen LogP contribution is -2.28. The standard InChI is InChI=1S/C24H20Cl2N2O2S/c1-14-8-15(2)10-19(9-14)28-22(29)13-31-24(28)16-4-3-5-18(11-16)27-23(30)20-7-6-17(25)12-21(20)26/h3-12,24H,13H2,1-2H3,(H,27,30). The molecule has 1 saturated heterocycles. The highest BCUT2D eigenvalue weighted by Gasteiger charge is 2.34. The molecule has 1 unspecified atom stereocenters. The summed E-state index contributed by atoms with van der Waals surface area (Å²) in [5.74, 6) is 0.164. The number of benzene rings is 3. The number of anilines is 2. The summed E-state index contributed by atoms with van der Waals surface area (Å²) in [6, 6.07) is 18.4. The molecule has 1 aliphatic heterocycles. The quantitative estimate of drug-likeness (QED) is 0.464. The SMILES string of the molecule is Cc1cc(C)cc(N2C(=O)CSC2c2cccc(NC(=O)c3ccc(Cl)cc3Cl)c2)c1. The molecule has 0 radical (unpaired) electrons. The number of thioether (sulfide) groups is 1. The molecule has 1 aliphatic rings. The van der Waals surface area contributed by atoms with Crippen LogP contribution in [0.3, 0.4) is 0 Å². The Labute approximate surface area is 195 Å². The fraction of sp³-hybridized carbons (Fsp3) is 0.167. The molecule has 1 atom stereocenters. The molecule has 3 aromatic rings. The summed E-state index contributed by atoms with van der Waals surface area (Å²) in [5, 5.41) is 3.49. The van der Waals surface area contributed by atoms with Gasteiger partial charge in [0.2, 0.25) is 5.91 Å². The van der Waals surface area contributed by atoms with Crippen LogP contribution >= 0.6 is 35.0 Å². The maximum Gasteiger partial charge on any atom is 0.257 e. The zero-order chi connectivity index (χ0) is 22.1. The number of carbonyl (C=O) groups excluding carboxylic acids is 2. The van der Waals surface area contributed by atoms with Crippen LogP contribution in [-0.2, 0) is 4.79 Å². The van der Waals surface area contributed by atoms with E-state index in [4.69, 9.17) is 23.2 Å². The molecule has 0 spiro atoms. The Hall–Kier alpha value is -2.47. The molecule has 7 heteroatoms. The number of hydrogen-bond donors (Lipinski definition) is 1. The Bertz CT molecular complexity index is 1160. The molecule has 3 aromatic carbocycles. The number of halogens is 2. The normalized spacial score (nSPS) is 15.9. The van der Waals surface area contributed by atoms with Crippen molar-refractivity contribution >= 4 is 58.2 Å². The van der Waals surface area contributed by atoms with Crippen molar-refractivity contribution in [3.05, 3.63) is 93.0 Å². The monoisotopic (exact) mass is 470 g/mol. The van der Waals surface area contributed by atoms with E-state index in [2.05, 4.69) is 11.4 Å². The average Bonchev–Trinajstić information content (AvgIpc) is 3.09. The van der Waals surface area contributed by atoms with Crippen molar-refractivity contribution in [2.24, 2.45) is 0 Å². The molecule has 4 rings (SSSR count). The second kappa shape index (κ2) is 8.95. The van der Waals surface area contributed by atoms with Crippen molar-refractivity contribution in [2.45, 2.75) is 19.2 Å².